The Morgan fingerprint density at radius 2 is 2.00 bits per heavy atom. The first-order valence-corrected chi connectivity index (χ1v) is 7.79. The van der Waals surface area contributed by atoms with Gasteiger partial charge in [0.15, 0.2) is 0 Å². The number of amides is 2. The van der Waals surface area contributed by atoms with E-state index >= 15 is 0 Å². The van der Waals surface area contributed by atoms with Crippen molar-refractivity contribution < 1.29 is 9.59 Å². The number of hydrogen-bond donors (Lipinski definition) is 2. The summed E-state index contributed by atoms with van der Waals surface area (Å²) in [6.07, 6.45) is 1.68. The zero-order valence-electron chi connectivity index (χ0n) is 12.8. The Kier molecular flexibility index (Phi) is 5.09. The third kappa shape index (κ3) is 4.37. The summed E-state index contributed by atoms with van der Waals surface area (Å²) < 4.78 is 0. The summed E-state index contributed by atoms with van der Waals surface area (Å²) in [7, 11) is 0. The Labute approximate surface area is 138 Å². The van der Waals surface area contributed by atoms with Crippen LogP contribution in [0.3, 0.4) is 0 Å². The van der Waals surface area contributed by atoms with E-state index in [-0.39, 0.29) is 18.4 Å². The summed E-state index contributed by atoms with van der Waals surface area (Å²) in [5.74, 6) is -0.663. The molecule has 2 rings (SSSR count). The van der Waals surface area contributed by atoms with Crippen molar-refractivity contribution in [2.45, 2.75) is 19.4 Å². The first kappa shape index (κ1) is 16.6. The predicted molar refractivity (Wildman–Crippen MR) is 86.8 cm³/mol. The molecule has 0 bridgehead atoms. The van der Waals surface area contributed by atoms with Gasteiger partial charge >= 0.3 is 0 Å². The first-order chi connectivity index (χ1) is 10.9. The quantitative estimate of drug-likeness (QED) is 0.875. The summed E-state index contributed by atoms with van der Waals surface area (Å²) in [6.45, 7) is 3.58. The summed E-state index contributed by atoms with van der Waals surface area (Å²) in [4.78, 5) is 28.1. The second-order valence-electron chi connectivity index (χ2n) is 5.38. The fourth-order valence-electron chi connectivity index (χ4n) is 1.94. The van der Waals surface area contributed by atoms with Gasteiger partial charge in [0.25, 0.3) is 5.91 Å². The summed E-state index contributed by atoms with van der Waals surface area (Å²) in [5.41, 5.74) is 0.283. The SMILES string of the molecule is CC(C)(NC(=O)CNC(=O)c1ccc(C#N)cc1)c1nccs1. The van der Waals surface area contributed by atoms with E-state index in [1.807, 2.05) is 25.3 Å². The van der Waals surface area contributed by atoms with E-state index in [2.05, 4.69) is 15.6 Å². The van der Waals surface area contributed by atoms with Crippen molar-refractivity contribution in [1.82, 2.24) is 15.6 Å². The molecule has 2 amide bonds. The molecule has 1 aromatic carbocycles. The Bertz CT molecular complexity index is 730. The maximum absolute atomic E-state index is 12.0. The summed E-state index contributed by atoms with van der Waals surface area (Å²) in [5, 5.41) is 16.7. The lowest BCUT2D eigenvalue weighted by molar-refractivity contribution is -0.121. The van der Waals surface area contributed by atoms with Crippen molar-refractivity contribution in [2.24, 2.45) is 0 Å². The van der Waals surface area contributed by atoms with Crippen LogP contribution >= 0.6 is 11.3 Å². The Balaban J connectivity index is 1.88. The zero-order chi connectivity index (χ0) is 16.9. The van der Waals surface area contributed by atoms with Crippen molar-refractivity contribution in [3.8, 4) is 6.07 Å². The zero-order valence-corrected chi connectivity index (χ0v) is 13.6. The van der Waals surface area contributed by atoms with E-state index in [0.717, 1.165) is 5.01 Å². The molecule has 1 heterocycles. The number of benzene rings is 1. The summed E-state index contributed by atoms with van der Waals surface area (Å²) >= 11 is 1.46. The van der Waals surface area contributed by atoms with E-state index in [1.165, 1.54) is 11.3 Å². The first-order valence-electron chi connectivity index (χ1n) is 6.92. The Morgan fingerprint density at radius 3 is 2.57 bits per heavy atom. The van der Waals surface area contributed by atoms with Gasteiger partial charge in [-0.05, 0) is 38.1 Å². The molecule has 1 aromatic heterocycles. The van der Waals surface area contributed by atoms with Crippen LogP contribution in [0.25, 0.3) is 0 Å². The van der Waals surface area contributed by atoms with Crippen LogP contribution in [0, 0.1) is 11.3 Å². The molecule has 0 saturated heterocycles. The van der Waals surface area contributed by atoms with E-state index in [9.17, 15) is 9.59 Å². The molecule has 7 heteroatoms. The molecule has 0 spiro atoms. The van der Waals surface area contributed by atoms with Gasteiger partial charge in [-0.25, -0.2) is 4.98 Å². The van der Waals surface area contributed by atoms with Crippen LogP contribution in [0.15, 0.2) is 35.8 Å². The highest BCUT2D eigenvalue weighted by Gasteiger charge is 2.25. The predicted octanol–water partition coefficient (Wildman–Crippen LogP) is 1.80. The molecule has 2 aromatic rings. The highest BCUT2D eigenvalue weighted by Crippen LogP contribution is 2.21. The van der Waals surface area contributed by atoms with Gasteiger partial charge < -0.3 is 10.6 Å². The molecular formula is C16H16N4O2S. The van der Waals surface area contributed by atoms with Crippen LogP contribution < -0.4 is 10.6 Å². The van der Waals surface area contributed by atoms with Gasteiger partial charge in [-0.1, -0.05) is 0 Å². The third-order valence-electron chi connectivity index (χ3n) is 3.10. The number of hydrogen-bond acceptors (Lipinski definition) is 5. The van der Waals surface area contributed by atoms with Gasteiger partial charge in [0.2, 0.25) is 5.91 Å². The fourth-order valence-corrected chi connectivity index (χ4v) is 2.66. The number of aromatic nitrogens is 1. The number of nitriles is 1. The lowest BCUT2D eigenvalue weighted by Crippen LogP contribution is -2.45. The number of nitrogens with one attached hydrogen (secondary N) is 2. The normalized spacial score (nSPS) is 10.7. The molecule has 0 saturated carbocycles. The standard InChI is InChI=1S/C16H16N4O2S/c1-16(2,15-18-7-8-23-15)20-13(21)10-19-14(22)12-5-3-11(9-17)4-6-12/h3-8H,10H2,1-2H3,(H,19,22)(H,20,21). The van der Waals surface area contributed by atoms with Gasteiger partial charge in [-0.15, -0.1) is 11.3 Å². The largest absolute Gasteiger partial charge is 0.343 e. The second kappa shape index (κ2) is 7.03. The molecule has 0 aliphatic rings. The van der Waals surface area contributed by atoms with Gasteiger partial charge in [-0.2, -0.15) is 5.26 Å². The van der Waals surface area contributed by atoms with E-state index < -0.39 is 5.54 Å². The Morgan fingerprint density at radius 1 is 1.30 bits per heavy atom. The Hall–Kier alpha value is -2.72. The molecule has 0 radical (unpaired) electrons. The minimum atomic E-state index is -0.593. The van der Waals surface area contributed by atoms with Crippen LogP contribution in [0.5, 0.6) is 0 Å². The number of carbonyl (C=O) groups excluding carboxylic acids is 2. The second-order valence-corrected chi connectivity index (χ2v) is 6.28. The minimum Gasteiger partial charge on any atom is -0.343 e. The topological polar surface area (TPSA) is 94.9 Å². The smallest absolute Gasteiger partial charge is 0.251 e. The van der Waals surface area contributed by atoms with Crippen molar-refractivity contribution in [3.63, 3.8) is 0 Å². The van der Waals surface area contributed by atoms with Gasteiger partial charge in [0.1, 0.15) is 5.01 Å². The van der Waals surface area contributed by atoms with Crippen molar-refractivity contribution in [2.75, 3.05) is 6.54 Å². The van der Waals surface area contributed by atoms with Crippen LogP contribution in [0.1, 0.15) is 34.8 Å². The third-order valence-corrected chi connectivity index (χ3v) is 4.20. The van der Waals surface area contributed by atoms with Gasteiger partial charge in [0.05, 0.1) is 23.7 Å². The summed E-state index contributed by atoms with van der Waals surface area (Å²) in [6, 6.07) is 8.19. The van der Waals surface area contributed by atoms with Crippen LogP contribution in [-0.4, -0.2) is 23.3 Å². The minimum absolute atomic E-state index is 0.131. The maximum atomic E-state index is 12.0. The molecule has 0 fully saturated rings. The highest BCUT2D eigenvalue weighted by molar-refractivity contribution is 7.09. The van der Waals surface area contributed by atoms with Crippen molar-refractivity contribution >= 4 is 23.2 Å². The number of carbonyl (C=O) groups is 2. The van der Waals surface area contributed by atoms with Crippen LogP contribution in [-0.2, 0) is 10.3 Å². The molecule has 0 atom stereocenters. The monoisotopic (exact) mass is 328 g/mol. The molecule has 6 nitrogen and oxygen atoms in total. The average molecular weight is 328 g/mol. The fraction of sp³-hybridized carbons (Fsp3) is 0.250. The molecule has 118 valence electrons. The maximum Gasteiger partial charge on any atom is 0.251 e. The van der Waals surface area contributed by atoms with Gasteiger partial charge in [0, 0.05) is 17.1 Å². The number of rotatable bonds is 5. The van der Waals surface area contributed by atoms with E-state index in [4.69, 9.17) is 5.26 Å². The highest BCUT2D eigenvalue weighted by atomic mass is 32.1. The van der Waals surface area contributed by atoms with Crippen LogP contribution in [0.2, 0.25) is 0 Å². The lowest BCUT2D eigenvalue weighted by Gasteiger charge is -2.23. The molecule has 0 unspecified atom stereocenters. The molecule has 0 aliphatic heterocycles. The molecular weight excluding hydrogens is 312 g/mol. The van der Waals surface area contributed by atoms with Crippen LogP contribution in [0.4, 0.5) is 0 Å². The molecule has 23 heavy (non-hydrogen) atoms. The lowest BCUT2D eigenvalue weighted by atomic mass is 10.1. The average Bonchev–Trinajstić information content (AvgIpc) is 3.07. The molecule has 2 N–H and O–H groups in total. The number of nitrogens with zero attached hydrogens (tertiary/aromatic N) is 2. The van der Waals surface area contributed by atoms with E-state index in [1.54, 1.807) is 30.5 Å². The number of thiazole rings is 1. The van der Waals surface area contributed by atoms with Crippen molar-refractivity contribution in [3.05, 3.63) is 52.0 Å². The van der Waals surface area contributed by atoms with E-state index in [0.29, 0.717) is 11.1 Å². The molecule has 0 aliphatic carbocycles. The van der Waals surface area contributed by atoms with Gasteiger partial charge in [-0.3, -0.25) is 9.59 Å². The van der Waals surface area contributed by atoms with Crippen molar-refractivity contribution in [1.29, 1.82) is 5.26 Å².